The van der Waals surface area contributed by atoms with Gasteiger partial charge in [-0.3, -0.25) is 4.79 Å². The van der Waals surface area contributed by atoms with E-state index >= 15 is 35.1 Å². The molecule has 5 aromatic rings. The number of aliphatic hydroxyl groups excluding tert-OH is 2. The number of aliphatic hydroxyl groups is 2. The number of carbonyl (C=O) groups excluding carboxylic acids is 1. The molecule has 0 radical (unpaired) electrons. The van der Waals surface area contributed by atoms with Crippen LogP contribution in [0, 0.1) is 116 Å². The number of rotatable bonds is 11. The third-order valence-corrected chi connectivity index (χ3v) is 11.4. The summed E-state index contributed by atoms with van der Waals surface area (Å²) in [5.41, 5.74) is -13.7. The summed E-state index contributed by atoms with van der Waals surface area (Å²) in [6.07, 6.45) is -7.22. The summed E-state index contributed by atoms with van der Waals surface area (Å²) in [5, 5.41) is 18.3. The lowest BCUT2D eigenvalue weighted by atomic mass is 9.12. The molecule has 0 aliphatic heterocycles. The van der Waals surface area contributed by atoms with E-state index in [2.05, 4.69) is 0 Å². The van der Waals surface area contributed by atoms with Crippen molar-refractivity contribution in [3.8, 4) is 0 Å². The summed E-state index contributed by atoms with van der Waals surface area (Å²) in [5.74, 6) is -69.9. The molecule has 0 aliphatic carbocycles. The van der Waals surface area contributed by atoms with Crippen molar-refractivity contribution < 1.29 is 103 Å². The molecule has 334 valence electrons. The molecule has 0 spiro atoms. The zero-order chi connectivity index (χ0) is 47.0. The molecule has 0 saturated heterocycles. The van der Waals surface area contributed by atoms with Crippen LogP contribution in [-0.2, 0) is 10.9 Å². The number of hydrogen-bond acceptors (Lipinski definition) is 3. The molecule has 5 rings (SSSR count). The Balaban J connectivity index is 0.000000416. The zero-order valence-corrected chi connectivity index (χ0v) is 31.1. The Hall–Kier alpha value is -5.01. The molecule has 5 aromatic carbocycles. The number of halogens is 21. The predicted octanol–water partition coefficient (Wildman–Crippen LogP) is 6.97. The van der Waals surface area contributed by atoms with Crippen LogP contribution in [0.1, 0.15) is 10.4 Å². The maximum absolute atomic E-state index is 15.4. The van der Waals surface area contributed by atoms with Gasteiger partial charge in [0.1, 0.15) is 64.2 Å². The lowest BCUT2D eigenvalue weighted by molar-refractivity contribution is 0.102. The molecule has 0 atom stereocenters. The second kappa shape index (κ2) is 19.2. The molecule has 0 aliphatic rings. The largest absolute Gasteiger partial charge is 0.391 e. The van der Waals surface area contributed by atoms with Gasteiger partial charge in [-0.15, -0.1) is 21.9 Å². The fraction of sp³-hybridized carbons (Fsp3) is 0.139. The van der Waals surface area contributed by atoms with Gasteiger partial charge in [-0.25, -0.2) is 87.8 Å². The highest BCUT2D eigenvalue weighted by molar-refractivity contribution is 7.97. The summed E-state index contributed by atoms with van der Waals surface area (Å²) in [6.45, 7) is 0.0951. The Morgan fingerprint density at radius 3 is 0.903 bits per heavy atom. The van der Waals surface area contributed by atoms with E-state index in [1.165, 1.54) is 0 Å². The second-order valence-corrected chi connectivity index (χ2v) is 15.1. The lowest BCUT2D eigenvalue weighted by Gasteiger charge is -2.44. The number of ketones is 1. The normalized spacial score (nSPS) is 11.7. The summed E-state index contributed by atoms with van der Waals surface area (Å²) in [4.78, 5) is 11.9. The van der Waals surface area contributed by atoms with Crippen LogP contribution in [0.15, 0.2) is 24.3 Å². The molecule has 0 saturated carbocycles. The topological polar surface area (TPSA) is 57.5 Å². The Labute approximate surface area is 340 Å². The van der Waals surface area contributed by atoms with Crippen LogP contribution in [0.2, 0.25) is 5.02 Å². The van der Waals surface area contributed by atoms with Gasteiger partial charge in [0.25, 0.3) is 0 Å². The van der Waals surface area contributed by atoms with Gasteiger partial charge in [-0.2, -0.15) is 0 Å². The Bertz CT molecular complexity index is 2210. The SMILES string of the molecule is Fc1c(F)c(F)c([B-](c2c(F)c(F)c(F)c(F)c2F)(c2c(F)c(F)c(F)c(F)c2F)c2c(F)c(F)c(F)c(F)c2F)c(F)c1F.O=C(C[S+](CCO)CCO)c1cccc(Cl)c1. The minimum atomic E-state index is -7.22. The molecule has 0 aromatic heterocycles. The van der Waals surface area contributed by atoms with Crippen LogP contribution in [0.25, 0.3) is 0 Å². The van der Waals surface area contributed by atoms with Gasteiger partial charge in [-0.05, 0) is 12.1 Å². The van der Waals surface area contributed by atoms with Crippen molar-refractivity contribution in [2.45, 2.75) is 0 Å². The molecule has 62 heavy (non-hydrogen) atoms. The molecule has 3 nitrogen and oxygen atoms in total. The molecule has 0 bridgehead atoms. The van der Waals surface area contributed by atoms with E-state index in [1.54, 1.807) is 24.3 Å². The van der Waals surface area contributed by atoms with Gasteiger partial charge >= 0.3 is 0 Å². The molecule has 0 unspecified atom stereocenters. The van der Waals surface area contributed by atoms with E-state index in [4.69, 9.17) is 21.8 Å². The first kappa shape index (κ1) is 49.6. The van der Waals surface area contributed by atoms with Gasteiger partial charge in [0.05, 0.1) is 13.2 Å². The third kappa shape index (κ3) is 8.30. The molecule has 0 heterocycles. The van der Waals surface area contributed by atoms with E-state index in [0.29, 0.717) is 27.8 Å². The van der Waals surface area contributed by atoms with E-state index < -0.39 is 144 Å². The first-order chi connectivity index (χ1) is 28.9. The smallest absolute Gasteiger partial charge is 0.211 e. The van der Waals surface area contributed by atoms with Gasteiger partial charge in [0, 0.05) is 21.5 Å². The first-order valence-electron chi connectivity index (χ1n) is 16.3. The van der Waals surface area contributed by atoms with Crippen LogP contribution in [0.4, 0.5) is 87.8 Å². The highest BCUT2D eigenvalue weighted by atomic mass is 35.5. The standard InChI is InChI=1S/C24BF20.C12H16ClO3S/c26-5-1(6(27)14(35)21(42)13(5)34)25(2-7(28)15(36)22(43)16(37)8(2)29,3-9(30)17(38)23(44)18(39)10(3)31)4-11(32)19(40)24(45)20(41)12(4)33;13-11-3-1-2-10(8-11)12(16)9-17(6-4-14)7-5-15/h;1-3,8,14-15H,4-7,9H2/q-1;+1. The average molecular weight is 955 g/mol. The van der Waals surface area contributed by atoms with E-state index in [0.717, 1.165) is 0 Å². The van der Waals surface area contributed by atoms with Crippen LogP contribution >= 0.6 is 11.6 Å². The van der Waals surface area contributed by atoms with E-state index in [1.807, 2.05) is 0 Å². The van der Waals surface area contributed by atoms with Crippen LogP contribution in [-0.4, -0.2) is 52.6 Å². The number of hydrogen-bond donors (Lipinski definition) is 2. The van der Waals surface area contributed by atoms with Gasteiger partial charge in [0.15, 0.2) is 75.6 Å². The van der Waals surface area contributed by atoms with Crippen molar-refractivity contribution in [3.63, 3.8) is 0 Å². The fourth-order valence-electron chi connectivity index (χ4n) is 6.31. The highest BCUT2D eigenvalue weighted by Gasteiger charge is 2.52. The summed E-state index contributed by atoms with van der Waals surface area (Å²) < 4.78 is 294. The molecular formula is C36H16BClF20O3S. The van der Waals surface area contributed by atoms with Gasteiger partial charge in [0.2, 0.25) is 5.78 Å². The number of Topliss-reactive ketones (excluding diaryl/α,β-unsaturated/α-hetero) is 1. The molecule has 0 fully saturated rings. The lowest BCUT2D eigenvalue weighted by Crippen LogP contribution is -2.81. The minimum absolute atomic E-state index is 0.0118. The summed E-state index contributed by atoms with van der Waals surface area (Å²) >= 11 is 5.82. The summed E-state index contributed by atoms with van der Waals surface area (Å²) in [6, 6.07) is 6.84. The Morgan fingerprint density at radius 1 is 0.435 bits per heavy atom. The number of carbonyl (C=O) groups is 1. The van der Waals surface area contributed by atoms with Crippen molar-refractivity contribution in [1.29, 1.82) is 0 Å². The van der Waals surface area contributed by atoms with Crippen molar-refractivity contribution in [2.75, 3.05) is 30.5 Å². The molecule has 26 heteroatoms. The van der Waals surface area contributed by atoms with Gasteiger partial charge < -0.3 is 10.2 Å². The van der Waals surface area contributed by atoms with Crippen LogP contribution in [0.5, 0.6) is 0 Å². The Morgan fingerprint density at radius 2 is 0.677 bits per heavy atom. The monoisotopic (exact) mass is 954 g/mol. The van der Waals surface area contributed by atoms with Crippen molar-refractivity contribution in [3.05, 3.63) is 151 Å². The van der Waals surface area contributed by atoms with E-state index in [9.17, 15) is 57.5 Å². The van der Waals surface area contributed by atoms with Crippen molar-refractivity contribution in [1.82, 2.24) is 0 Å². The average Bonchev–Trinajstić information content (AvgIpc) is 3.23. The summed E-state index contributed by atoms with van der Waals surface area (Å²) in [7, 11) is -0.254. The maximum Gasteiger partial charge on any atom is 0.211 e. The fourth-order valence-corrected chi connectivity index (χ4v) is 8.05. The number of benzene rings is 5. The molecule has 2 N–H and O–H groups in total. The van der Waals surface area contributed by atoms with Crippen molar-refractivity contribution in [2.24, 2.45) is 0 Å². The first-order valence-corrected chi connectivity index (χ1v) is 18.4. The highest BCUT2D eigenvalue weighted by Crippen LogP contribution is 2.31. The predicted molar refractivity (Wildman–Crippen MR) is 181 cm³/mol. The second-order valence-electron chi connectivity index (χ2n) is 12.3. The zero-order valence-electron chi connectivity index (χ0n) is 29.6. The van der Waals surface area contributed by atoms with Crippen LogP contribution in [0.3, 0.4) is 0 Å². The van der Waals surface area contributed by atoms with Crippen molar-refractivity contribution >= 4 is 56.3 Å². The quantitative estimate of drug-likeness (QED) is 0.0376. The molecular weight excluding hydrogens is 939 g/mol. The maximum atomic E-state index is 15.4. The van der Waals surface area contributed by atoms with Crippen LogP contribution < -0.4 is 21.9 Å². The van der Waals surface area contributed by atoms with Gasteiger partial charge in [-0.1, -0.05) is 23.7 Å². The van der Waals surface area contributed by atoms with E-state index in [-0.39, 0.29) is 29.9 Å². The third-order valence-electron chi connectivity index (χ3n) is 8.95. The minimum Gasteiger partial charge on any atom is -0.391 e. The Kier molecular flexibility index (Phi) is 15.3. The molecule has 0 amide bonds.